The standard InChI is InChI=1S/C13H17BrN2O4S/c1-21(18,19)16-8-6-15(7-9-16)13(17)10-20-12-4-2-11(14)3-5-12/h2-5H,6-10H2,1H3. The topological polar surface area (TPSA) is 66.9 Å². The third kappa shape index (κ3) is 4.69. The van der Waals surface area contributed by atoms with Crippen molar-refractivity contribution in [3.63, 3.8) is 0 Å². The van der Waals surface area contributed by atoms with Gasteiger partial charge in [-0.3, -0.25) is 4.79 Å². The summed E-state index contributed by atoms with van der Waals surface area (Å²) in [6.45, 7) is 1.43. The number of sulfonamides is 1. The number of carbonyl (C=O) groups excluding carboxylic acids is 1. The molecule has 1 amide bonds. The van der Waals surface area contributed by atoms with E-state index < -0.39 is 10.0 Å². The first kappa shape index (κ1) is 16.3. The summed E-state index contributed by atoms with van der Waals surface area (Å²) in [6, 6.07) is 7.23. The molecule has 1 aliphatic heterocycles. The van der Waals surface area contributed by atoms with E-state index in [0.717, 1.165) is 4.47 Å². The number of hydrogen-bond donors (Lipinski definition) is 0. The van der Waals surface area contributed by atoms with E-state index in [1.807, 2.05) is 12.1 Å². The molecule has 0 unspecified atom stereocenters. The number of rotatable bonds is 4. The predicted molar refractivity (Wildman–Crippen MR) is 82.6 cm³/mol. The van der Waals surface area contributed by atoms with E-state index in [4.69, 9.17) is 4.74 Å². The Morgan fingerprint density at radius 3 is 2.29 bits per heavy atom. The lowest BCUT2D eigenvalue weighted by molar-refractivity contribution is -0.134. The molecule has 1 saturated heterocycles. The number of ether oxygens (including phenoxy) is 1. The van der Waals surface area contributed by atoms with E-state index in [1.54, 1.807) is 17.0 Å². The zero-order valence-corrected chi connectivity index (χ0v) is 14.1. The molecule has 0 aromatic heterocycles. The number of nitrogens with zero attached hydrogens (tertiary/aromatic N) is 2. The van der Waals surface area contributed by atoms with Crippen LogP contribution in [0, 0.1) is 0 Å². The Balaban J connectivity index is 1.81. The summed E-state index contributed by atoms with van der Waals surface area (Å²) in [5.74, 6) is 0.493. The largest absolute Gasteiger partial charge is 0.484 e. The number of halogens is 1. The van der Waals surface area contributed by atoms with Crippen LogP contribution in [0.4, 0.5) is 0 Å². The first-order valence-electron chi connectivity index (χ1n) is 6.47. The smallest absolute Gasteiger partial charge is 0.260 e. The summed E-state index contributed by atoms with van der Waals surface area (Å²) in [4.78, 5) is 13.6. The fourth-order valence-electron chi connectivity index (χ4n) is 2.04. The maximum absolute atomic E-state index is 12.0. The van der Waals surface area contributed by atoms with Crippen LogP contribution in [0.25, 0.3) is 0 Å². The van der Waals surface area contributed by atoms with Crippen molar-refractivity contribution in [1.29, 1.82) is 0 Å². The van der Waals surface area contributed by atoms with Gasteiger partial charge in [0.15, 0.2) is 6.61 Å². The highest BCUT2D eigenvalue weighted by molar-refractivity contribution is 9.10. The first-order valence-corrected chi connectivity index (χ1v) is 9.11. The van der Waals surface area contributed by atoms with Gasteiger partial charge >= 0.3 is 0 Å². The molecular formula is C13H17BrN2O4S. The molecular weight excluding hydrogens is 360 g/mol. The summed E-state index contributed by atoms with van der Waals surface area (Å²) in [7, 11) is -3.17. The van der Waals surface area contributed by atoms with Gasteiger partial charge in [-0.25, -0.2) is 8.42 Å². The number of amides is 1. The molecule has 1 aromatic carbocycles. The molecule has 1 heterocycles. The molecule has 0 saturated carbocycles. The third-order valence-electron chi connectivity index (χ3n) is 3.24. The van der Waals surface area contributed by atoms with Gasteiger partial charge in [0.25, 0.3) is 5.91 Å². The van der Waals surface area contributed by atoms with E-state index in [1.165, 1.54) is 10.6 Å². The molecule has 0 N–H and O–H groups in total. The minimum Gasteiger partial charge on any atom is -0.484 e. The minimum absolute atomic E-state index is 0.0412. The zero-order valence-electron chi connectivity index (χ0n) is 11.7. The lowest BCUT2D eigenvalue weighted by Gasteiger charge is -2.33. The van der Waals surface area contributed by atoms with Crippen LogP contribution in [-0.4, -0.2) is 62.6 Å². The molecule has 116 valence electrons. The van der Waals surface area contributed by atoms with Crippen molar-refractivity contribution >= 4 is 31.9 Å². The van der Waals surface area contributed by atoms with E-state index in [2.05, 4.69) is 15.9 Å². The normalized spacial score (nSPS) is 16.8. The van der Waals surface area contributed by atoms with Crippen molar-refractivity contribution in [2.24, 2.45) is 0 Å². The molecule has 1 fully saturated rings. The van der Waals surface area contributed by atoms with Crippen LogP contribution < -0.4 is 4.74 Å². The highest BCUT2D eigenvalue weighted by Gasteiger charge is 2.26. The van der Waals surface area contributed by atoms with Crippen LogP contribution >= 0.6 is 15.9 Å². The summed E-state index contributed by atoms with van der Waals surface area (Å²) >= 11 is 3.33. The Labute approximate surface area is 132 Å². The molecule has 0 aliphatic carbocycles. The van der Waals surface area contributed by atoms with Crippen molar-refractivity contribution in [2.45, 2.75) is 0 Å². The fourth-order valence-corrected chi connectivity index (χ4v) is 3.13. The maximum Gasteiger partial charge on any atom is 0.260 e. The summed E-state index contributed by atoms with van der Waals surface area (Å²) < 4.78 is 30.5. The SMILES string of the molecule is CS(=O)(=O)N1CCN(C(=O)COc2ccc(Br)cc2)CC1. The Kier molecular flexibility index (Phi) is 5.23. The van der Waals surface area contributed by atoms with Crippen molar-refractivity contribution in [1.82, 2.24) is 9.21 Å². The van der Waals surface area contributed by atoms with Gasteiger partial charge in [-0.15, -0.1) is 0 Å². The summed E-state index contributed by atoms with van der Waals surface area (Å²) in [5, 5.41) is 0. The van der Waals surface area contributed by atoms with E-state index >= 15 is 0 Å². The number of carbonyl (C=O) groups is 1. The fraction of sp³-hybridized carbons (Fsp3) is 0.462. The average Bonchev–Trinajstić information content (AvgIpc) is 2.45. The molecule has 0 radical (unpaired) electrons. The van der Waals surface area contributed by atoms with Gasteiger partial charge in [-0.2, -0.15) is 4.31 Å². The molecule has 0 bridgehead atoms. The van der Waals surface area contributed by atoms with Gasteiger partial charge in [-0.1, -0.05) is 15.9 Å². The maximum atomic E-state index is 12.0. The molecule has 8 heteroatoms. The molecule has 21 heavy (non-hydrogen) atoms. The second-order valence-electron chi connectivity index (χ2n) is 4.79. The van der Waals surface area contributed by atoms with Crippen molar-refractivity contribution in [2.75, 3.05) is 39.0 Å². The minimum atomic E-state index is -3.17. The molecule has 1 aliphatic rings. The monoisotopic (exact) mass is 376 g/mol. The van der Waals surface area contributed by atoms with Gasteiger partial charge in [0.1, 0.15) is 5.75 Å². The average molecular weight is 377 g/mol. The van der Waals surface area contributed by atoms with Crippen molar-refractivity contribution in [3.8, 4) is 5.75 Å². The number of benzene rings is 1. The second kappa shape index (κ2) is 6.76. The number of piperazine rings is 1. The highest BCUT2D eigenvalue weighted by atomic mass is 79.9. The second-order valence-corrected chi connectivity index (χ2v) is 7.68. The Bertz CT molecular complexity index is 595. The highest BCUT2D eigenvalue weighted by Crippen LogP contribution is 2.16. The quantitative estimate of drug-likeness (QED) is 0.783. The lowest BCUT2D eigenvalue weighted by atomic mass is 10.3. The van der Waals surface area contributed by atoms with Crippen LogP contribution in [-0.2, 0) is 14.8 Å². The van der Waals surface area contributed by atoms with Gasteiger partial charge < -0.3 is 9.64 Å². The summed E-state index contributed by atoms with van der Waals surface area (Å²) in [5.41, 5.74) is 0. The van der Waals surface area contributed by atoms with Crippen LogP contribution in [0.15, 0.2) is 28.7 Å². The van der Waals surface area contributed by atoms with Gasteiger partial charge in [0.2, 0.25) is 10.0 Å². The van der Waals surface area contributed by atoms with Crippen LogP contribution in [0.5, 0.6) is 5.75 Å². The van der Waals surface area contributed by atoms with Crippen molar-refractivity contribution < 1.29 is 17.9 Å². The van der Waals surface area contributed by atoms with Crippen LogP contribution in [0.1, 0.15) is 0 Å². The molecule has 6 nitrogen and oxygen atoms in total. The van der Waals surface area contributed by atoms with Gasteiger partial charge in [-0.05, 0) is 24.3 Å². The zero-order chi connectivity index (χ0) is 15.5. The van der Waals surface area contributed by atoms with Crippen molar-refractivity contribution in [3.05, 3.63) is 28.7 Å². The van der Waals surface area contributed by atoms with E-state index in [9.17, 15) is 13.2 Å². The molecule has 2 rings (SSSR count). The lowest BCUT2D eigenvalue weighted by Crippen LogP contribution is -2.51. The number of hydrogen-bond acceptors (Lipinski definition) is 4. The van der Waals surface area contributed by atoms with E-state index in [0.29, 0.717) is 31.9 Å². The molecule has 0 spiro atoms. The van der Waals surface area contributed by atoms with Crippen LogP contribution in [0.3, 0.4) is 0 Å². The third-order valence-corrected chi connectivity index (χ3v) is 5.07. The molecule has 1 aromatic rings. The predicted octanol–water partition coefficient (Wildman–Crippen LogP) is 0.932. The van der Waals surface area contributed by atoms with E-state index in [-0.39, 0.29) is 12.5 Å². The van der Waals surface area contributed by atoms with Gasteiger partial charge in [0, 0.05) is 30.7 Å². The Hall–Kier alpha value is -1.12. The Morgan fingerprint density at radius 1 is 1.19 bits per heavy atom. The first-order chi connectivity index (χ1) is 9.86. The van der Waals surface area contributed by atoms with Gasteiger partial charge in [0.05, 0.1) is 6.26 Å². The molecule has 0 atom stereocenters. The van der Waals surface area contributed by atoms with Crippen LogP contribution in [0.2, 0.25) is 0 Å². The Morgan fingerprint density at radius 2 is 1.76 bits per heavy atom. The summed E-state index contributed by atoms with van der Waals surface area (Å²) in [6.07, 6.45) is 1.18.